The maximum atomic E-state index is 13.0. The number of halogens is 1. The molecule has 0 atom stereocenters. The predicted molar refractivity (Wildman–Crippen MR) is 107 cm³/mol. The molecule has 0 N–H and O–H groups in total. The lowest BCUT2D eigenvalue weighted by Crippen LogP contribution is -2.35. The van der Waals surface area contributed by atoms with Gasteiger partial charge < -0.3 is 4.74 Å². The van der Waals surface area contributed by atoms with Gasteiger partial charge in [-0.3, -0.25) is 4.90 Å². The number of aromatic nitrogens is 3. The molecule has 1 amide bonds. The number of carbonyl (C=O) groups excluding carboxylic acids is 1. The van der Waals surface area contributed by atoms with Gasteiger partial charge >= 0.3 is 6.09 Å². The minimum absolute atomic E-state index is 0.105. The molecule has 3 aromatic rings. The van der Waals surface area contributed by atoms with E-state index in [1.165, 1.54) is 40.9 Å². The van der Waals surface area contributed by atoms with Gasteiger partial charge in [-0.15, -0.1) is 0 Å². The summed E-state index contributed by atoms with van der Waals surface area (Å²) in [6.07, 6.45) is 0.836. The molecule has 148 valence electrons. The van der Waals surface area contributed by atoms with Crippen molar-refractivity contribution in [2.24, 2.45) is 0 Å². The third-order valence-corrected chi connectivity index (χ3v) is 5.94. The molecule has 28 heavy (non-hydrogen) atoms. The van der Waals surface area contributed by atoms with Crippen LogP contribution in [0.15, 0.2) is 57.0 Å². The van der Waals surface area contributed by atoms with Gasteiger partial charge in [-0.1, -0.05) is 18.2 Å². The summed E-state index contributed by atoms with van der Waals surface area (Å²) in [5, 5.41) is 3.98. The van der Waals surface area contributed by atoms with Crippen LogP contribution in [0.5, 0.6) is 0 Å². The lowest BCUT2D eigenvalue weighted by Gasteiger charge is -2.25. The molecule has 0 fully saturated rings. The van der Waals surface area contributed by atoms with Crippen LogP contribution in [0.2, 0.25) is 0 Å². The van der Waals surface area contributed by atoms with Crippen LogP contribution in [0, 0.1) is 0 Å². The second kappa shape index (κ2) is 7.17. The Kier molecular flexibility index (Phi) is 5.20. The summed E-state index contributed by atoms with van der Waals surface area (Å²) in [4.78, 5) is 18.1. The first kappa shape index (κ1) is 20.3. The molecule has 2 heterocycles. The molecule has 0 bridgehead atoms. The van der Waals surface area contributed by atoms with E-state index in [1.54, 1.807) is 39.0 Å². The number of benzene rings is 1. The summed E-state index contributed by atoms with van der Waals surface area (Å²) in [5.74, 6) is 0.208. The fourth-order valence-electron chi connectivity index (χ4n) is 2.42. The van der Waals surface area contributed by atoms with Gasteiger partial charge in [0.15, 0.2) is 10.7 Å². The van der Waals surface area contributed by atoms with Crippen LogP contribution < -0.4 is 4.90 Å². The normalized spacial score (nSPS) is 12.2. The molecule has 8 nitrogen and oxygen atoms in total. The Morgan fingerprint density at radius 3 is 2.46 bits per heavy atom. The van der Waals surface area contributed by atoms with E-state index < -0.39 is 21.5 Å². The maximum Gasteiger partial charge on any atom is 0.415 e. The molecule has 0 aliphatic rings. The number of carbonyl (C=O) groups is 1. The molecular weight excluding hydrogens is 448 g/mol. The summed E-state index contributed by atoms with van der Waals surface area (Å²) in [5.41, 5.74) is -0.441. The van der Waals surface area contributed by atoms with E-state index in [2.05, 4.69) is 26.0 Å². The van der Waals surface area contributed by atoms with Crippen molar-refractivity contribution in [1.82, 2.24) is 14.6 Å². The predicted octanol–water partition coefficient (Wildman–Crippen LogP) is 3.70. The van der Waals surface area contributed by atoms with Crippen LogP contribution in [0.25, 0.3) is 5.65 Å². The van der Waals surface area contributed by atoms with Crippen molar-refractivity contribution < 1.29 is 17.9 Å². The standard InChI is InChI=1S/C18H19BrN4O4S/c1-18(2,3)27-17(24)22(4)15-10-14(21-16-13(19)11-20-23(15)16)28(25,26)12-8-6-5-7-9-12/h5-11H,1-4H3. The monoisotopic (exact) mass is 466 g/mol. The van der Waals surface area contributed by atoms with Crippen LogP contribution in [0.3, 0.4) is 0 Å². The number of hydrogen-bond donors (Lipinski definition) is 0. The largest absolute Gasteiger partial charge is 0.443 e. The zero-order chi connectivity index (χ0) is 20.7. The van der Waals surface area contributed by atoms with Gasteiger partial charge in [0.25, 0.3) is 0 Å². The molecule has 0 saturated heterocycles. The van der Waals surface area contributed by atoms with Crippen molar-refractivity contribution in [2.45, 2.75) is 36.3 Å². The summed E-state index contributed by atoms with van der Waals surface area (Å²) in [6.45, 7) is 5.24. The van der Waals surface area contributed by atoms with Gasteiger partial charge in [-0.05, 0) is 48.8 Å². The molecular formula is C18H19BrN4O4S. The lowest BCUT2D eigenvalue weighted by atomic mass is 10.2. The van der Waals surface area contributed by atoms with Crippen molar-refractivity contribution in [3.8, 4) is 0 Å². The first-order valence-corrected chi connectivity index (χ1v) is 10.6. The number of hydrogen-bond acceptors (Lipinski definition) is 6. The highest BCUT2D eigenvalue weighted by Gasteiger charge is 2.27. The van der Waals surface area contributed by atoms with E-state index in [4.69, 9.17) is 4.74 Å². The van der Waals surface area contributed by atoms with Gasteiger partial charge in [0.1, 0.15) is 11.4 Å². The summed E-state index contributed by atoms with van der Waals surface area (Å²) < 4.78 is 33.3. The van der Waals surface area contributed by atoms with Crippen molar-refractivity contribution in [1.29, 1.82) is 0 Å². The lowest BCUT2D eigenvalue weighted by molar-refractivity contribution is 0.0587. The third-order valence-electron chi connectivity index (χ3n) is 3.73. The maximum absolute atomic E-state index is 13.0. The van der Waals surface area contributed by atoms with Gasteiger partial charge in [-0.25, -0.2) is 18.2 Å². The number of ether oxygens (including phenoxy) is 1. The van der Waals surface area contributed by atoms with E-state index in [0.29, 0.717) is 4.47 Å². The second-order valence-corrected chi connectivity index (χ2v) is 9.79. The Labute approximate surface area is 171 Å². The number of amides is 1. The highest BCUT2D eigenvalue weighted by Crippen LogP contribution is 2.28. The molecule has 2 aromatic heterocycles. The SMILES string of the molecule is CN(C(=O)OC(C)(C)C)c1cc(S(=O)(=O)c2ccccc2)nc2c(Br)cnn12. The highest BCUT2D eigenvalue weighted by molar-refractivity contribution is 9.10. The molecule has 0 aliphatic heterocycles. The van der Waals surface area contributed by atoms with Crippen molar-refractivity contribution in [2.75, 3.05) is 11.9 Å². The minimum Gasteiger partial charge on any atom is -0.443 e. The number of fused-ring (bicyclic) bond motifs is 1. The van der Waals surface area contributed by atoms with Gasteiger partial charge in [0, 0.05) is 13.1 Å². The molecule has 0 radical (unpaired) electrons. The number of rotatable bonds is 3. The van der Waals surface area contributed by atoms with Crippen LogP contribution in [-0.4, -0.2) is 41.8 Å². The van der Waals surface area contributed by atoms with Crippen LogP contribution in [0.4, 0.5) is 10.6 Å². The van der Waals surface area contributed by atoms with Crippen molar-refractivity contribution >= 4 is 43.3 Å². The molecule has 0 spiro atoms. The van der Waals surface area contributed by atoms with Crippen LogP contribution >= 0.6 is 15.9 Å². The van der Waals surface area contributed by atoms with Gasteiger partial charge in [0.2, 0.25) is 9.84 Å². The fourth-order valence-corrected chi connectivity index (χ4v) is 3.99. The molecule has 1 aromatic carbocycles. The van der Waals surface area contributed by atoms with Crippen LogP contribution in [-0.2, 0) is 14.6 Å². The zero-order valence-corrected chi connectivity index (χ0v) is 18.2. The average Bonchev–Trinajstić information content (AvgIpc) is 3.01. The Bertz CT molecular complexity index is 1140. The first-order valence-electron chi connectivity index (χ1n) is 8.32. The summed E-state index contributed by atoms with van der Waals surface area (Å²) in [6, 6.07) is 9.28. The Hall–Kier alpha value is -2.46. The molecule has 0 unspecified atom stereocenters. The molecule has 0 saturated carbocycles. The van der Waals surface area contributed by atoms with E-state index in [0.717, 1.165) is 0 Å². The Morgan fingerprint density at radius 1 is 1.21 bits per heavy atom. The van der Waals surface area contributed by atoms with Gasteiger partial charge in [-0.2, -0.15) is 9.61 Å². The number of sulfone groups is 1. The van der Waals surface area contributed by atoms with E-state index in [1.807, 2.05) is 0 Å². The zero-order valence-electron chi connectivity index (χ0n) is 15.7. The second-order valence-electron chi connectivity index (χ2n) is 7.04. The Morgan fingerprint density at radius 2 is 1.86 bits per heavy atom. The van der Waals surface area contributed by atoms with Gasteiger partial charge in [0.05, 0.1) is 15.6 Å². The average molecular weight is 467 g/mol. The number of nitrogens with zero attached hydrogens (tertiary/aromatic N) is 4. The minimum atomic E-state index is -3.89. The molecule has 3 rings (SSSR count). The van der Waals surface area contributed by atoms with Crippen molar-refractivity contribution in [3.05, 3.63) is 47.1 Å². The Balaban J connectivity index is 2.18. The summed E-state index contributed by atoms with van der Waals surface area (Å²) in [7, 11) is -2.41. The van der Waals surface area contributed by atoms with Crippen molar-refractivity contribution in [3.63, 3.8) is 0 Å². The highest BCUT2D eigenvalue weighted by atomic mass is 79.9. The van der Waals surface area contributed by atoms with E-state index >= 15 is 0 Å². The fraction of sp³-hybridized carbons (Fsp3) is 0.278. The topological polar surface area (TPSA) is 93.9 Å². The number of anilines is 1. The first-order chi connectivity index (χ1) is 13.0. The van der Waals surface area contributed by atoms with E-state index in [-0.39, 0.29) is 21.4 Å². The summed E-state index contributed by atoms with van der Waals surface area (Å²) >= 11 is 3.32. The molecule has 10 heteroatoms. The third kappa shape index (κ3) is 3.88. The van der Waals surface area contributed by atoms with Crippen LogP contribution in [0.1, 0.15) is 20.8 Å². The van der Waals surface area contributed by atoms with E-state index in [9.17, 15) is 13.2 Å². The quantitative estimate of drug-likeness (QED) is 0.546. The smallest absolute Gasteiger partial charge is 0.415 e. The molecule has 0 aliphatic carbocycles.